The summed E-state index contributed by atoms with van der Waals surface area (Å²) in [6.07, 6.45) is -4.45. The van der Waals surface area contributed by atoms with Gasteiger partial charge in [-0.2, -0.15) is 18.2 Å². The van der Waals surface area contributed by atoms with E-state index in [4.69, 9.17) is 4.42 Å². The molecule has 0 unspecified atom stereocenters. The van der Waals surface area contributed by atoms with E-state index < -0.39 is 17.6 Å². The number of hydrogen-bond acceptors (Lipinski definition) is 3. The van der Waals surface area contributed by atoms with Crippen LogP contribution in [0.1, 0.15) is 16.1 Å². The molecular formula is C20H13F3N2O2S. The van der Waals surface area contributed by atoms with Gasteiger partial charge in [0.2, 0.25) is 0 Å². The first kappa shape index (κ1) is 18.2. The topological polar surface area (TPSA) is 47.5 Å². The maximum atomic E-state index is 12.9. The highest BCUT2D eigenvalue weighted by atomic mass is 32.1. The second-order valence-electron chi connectivity index (χ2n) is 6.07. The second-order valence-corrected chi connectivity index (χ2v) is 7.08. The Morgan fingerprint density at radius 1 is 1.07 bits per heavy atom. The summed E-state index contributed by atoms with van der Waals surface area (Å²) < 4.78 is 46.9. The zero-order chi connectivity index (χ0) is 19.9. The molecule has 0 saturated heterocycles. The maximum Gasteiger partial charge on any atom is 0.416 e. The van der Waals surface area contributed by atoms with Crippen LogP contribution in [0.4, 0.5) is 13.2 Å². The Morgan fingerprint density at radius 2 is 1.86 bits per heavy atom. The van der Waals surface area contributed by atoms with Gasteiger partial charge in [0.15, 0.2) is 10.6 Å². The molecule has 142 valence electrons. The summed E-state index contributed by atoms with van der Waals surface area (Å²) in [5.74, 6) is -0.462. The van der Waals surface area contributed by atoms with Gasteiger partial charge < -0.3 is 8.98 Å². The van der Waals surface area contributed by atoms with Crippen LogP contribution in [-0.2, 0) is 13.2 Å². The first-order chi connectivity index (χ1) is 13.3. The van der Waals surface area contributed by atoms with Gasteiger partial charge in [0.05, 0.1) is 15.8 Å². The van der Waals surface area contributed by atoms with Crippen molar-refractivity contribution in [2.45, 2.75) is 6.18 Å². The Labute approximate surface area is 161 Å². The van der Waals surface area contributed by atoms with Crippen molar-refractivity contribution in [1.82, 2.24) is 4.57 Å². The fraction of sp³-hybridized carbons (Fsp3) is 0.100. The molecule has 4 aromatic rings. The molecule has 0 aliphatic heterocycles. The number of furan rings is 1. The highest BCUT2D eigenvalue weighted by molar-refractivity contribution is 7.16. The molecule has 0 bridgehead atoms. The van der Waals surface area contributed by atoms with Crippen LogP contribution < -0.4 is 4.80 Å². The van der Waals surface area contributed by atoms with Crippen molar-refractivity contribution in [1.29, 1.82) is 0 Å². The number of aromatic nitrogens is 1. The summed E-state index contributed by atoms with van der Waals surface area (Å²) >= 11 is 1.36. The van der Waals surface area contributed by atoms with Crippen LogP contribution >= 0.6 is 11.3 Å². The third kappa shape index (κ3) is 3.38. The largest absolute Gasteiger partial charge is 0.451 e. The number of para-hydroxylation sites is 1. The fourth-order valence-electron chi connectivity index (χ4n) is 2.79. The first-order valence-corrected chi connectivity index (χ1v) is 9.06. The number of hydrogen-bond donors (Lipinski definition) is 0. The molecule has 2 heterocycles. The molecule has 0 N–H and O–H groups in total. The molecule has 0 atom stereocenters. The van der Waals surface area contributed by atoms with Gasteiger partial charge in [-0.1, -0.05) is 35.6 Å². The van der Waals surface area contributed by atoms with E-state index in [2.05, 4.69) is 4.99 Å². The van der Waals surface area contributed by atoms with Crippen molar-refractivity contribution >= 4 is 27.5 Å². The average Bonchev–Trinajstić information content (AvgIpc) is 3.28. The smallest absolute Gasteiger partial charge is 0.416 e. The minimum atomic E-state index is -4.45. The Kier molecular flexibility index (Phi) is 4.43. The number of carbonyl (C=O) groups excluding carboxylic acids is 1. The van der Waals surface area contributed by atoms with E-state index in [1.165, 1.54) is 35.6 Å². The molecule has 0 radical (unpaired) electrons. The number of fused-ring (bicyclic) bond motifs is 1. The van der Waals surface area contributed by atoms with Crippen molar-refractivity contribution < 1.29 is 22.4 Å². The lowest BCUT2D eigenvalue weighted by atomic mass is 10.1. The summed E-state index contributed by atoms with van der Waals surface area (Å²) in [6, 6.07) is 15.3. The van der Waals surface area contributed by atoms with E-state index in [1.807, 2.05) is 24.3 Å². The summed E-state index contributed by atoms with van der Waals surface area (Å²) in [4.78, 5) is 17.1. The van der Waals surface area contributed by atoms with E-state index in [-0.39, 0.29) is 17.1 Å². The molecule has 0 aliphatic rings. The van der Waals surface area contributed by atoms with Gasteiger partial charge in [-0.3, -0.25) is 4.79 Å². The van der Waals surface area contributed by atoms with Gasteiger partial charge in [0.1, 0.15) is 5.76 Å². The number of halogens is 3. The molecule has 0 aliphatic carbocycles. The second kappa shape index (κ2) is 6.79. The van der Waals surface area contributed by atoms with Crippen LogP contribution in [0.25, 0.3) is 21.5 Å². The van der Waals surface area contributed by atoms with Crippen LogP contribution in [0.3, 0.4) is 0 Å². The van der Waals surface area contributed by atoms with Crippen LogP contribution in [0.15, 0.2) is 70.1 Å². The molecule has 1 amide bonds. The van der Waals surface area contributed by atoms with Crippen molar-refractivity contribution in [3.63, 3.8) is 0 Å². The predicted molar refractivity (Wildman–Crippen MR) is 99.8 cm³/mol. The molecule has 0 spiro atoms. The zero-order valence-electron chi connectivity index (χ0n) is 14.5. The Bertz CT molecular complexity index is 1250. The Hall–Kier alpha value is -3.13. The molecule has 2 aromatic carbocycles. The number of benzene rings is 2. The minimum Gasteiger partial charge on any atom is -0.451 e. The summed E-state index contributed by atoms with van der Waals surface area (Å²) in [7, 11) is 1.81. The van der Waals surface area contributed by atoms with Crippen molar-refractivity contribution in [3.05, 3.63) is 76.8 Å². The number of thiazole rings is 1. The van der Waals surface area contributed by atoms with Gasteiger partial charge in [-0.25, -0.2) is 0 Å². The van der Waals surface area contributed by atoms with Crippen LogP contribution in [0.2, 0.25) is 0 Å². The van der Waals surface area contributed by atoms with E-state index in [0.29, 0.717) is 4.80 Å². The highest BCUT2D eigenvalue weighted by Crippen LogP contribution is 2.32. The molecule has 4 rings (SSSR count). The molecule has 8 heteroatoms. The first-order valence-electron chi connectivity index (χ1n) is 8.24. The van der Waals surface area contributed by atoms with Crippen molar-refractivity contribution in [2.75, 3.05) is 0 Å². The standard InChI is InChI=1S/C20H13F3N2O2S/c1-25-14-7-2-3-8-17(14)28-19(25)24-18(26)16-10-9-15(27-16)12-5-4-6-13(11-12)20(21,22)23/h2-11H,1H3. The third-order valence-electron chi connectivity index (χ3n) is 4.20. The summed E-state index contributed by atoms with van der Waals surface area (Å²) in [5, 5.41) is 0. The molecule has 28 heavy (non-hydrogen) atoms. The number of nitrogens with zero attached hydrogens (tertiary/aromatic N) is 2. The molecule has 2 aromatic heterocycles. The maximum absolute atomic E-state index is 12.9. The average molecular weight is 402 g/mol. The number of alkyl halides is 3. The van der Waals surface area contributed by atoms with E-state index in [9.17, 15) is 18.0 Å². The van der Waals surface area contributed by atoms with Gasteiger partial charge >= 0.3 is 12.1 Å². The van der Waals surface area contributed by atoms with Crippen molar-refractivity contribution in [2.24, 2.45) is 12.0 Å². The molecule has 4 nitrogen and oxygen atoms in total. The van der Waals surface area contributed by atoms with Gasteiger partial charge in [-0.05, 0) is 36.4 Å². The summed E-state index contributed by atoms with van der Waals surface area (Å²) in [5.41, 5.74) is 0.403. The minimum absolute atomic E-state index is 0.0372. The van der Waals surface area contributed by atoms with E-state index in [1.54, 1.807) is 11.6 Å². The van der Waals surface area contributed by atoms with Crippen LogP contribution in [-0.4, -0.2) is 10.5 Å². The predicted octanol–water partition coefficient (Wildman–Crippen LogP) is 5.26. The quantitative estimate of drug-likeness (QED) is 0.459. The lowest BCUT2D eigenvalue weighted by Gasteiger charge is -2.07. The van der Waals surface area contributed by atoms with Crippen LogP contribution in [0.5, 0.6) is 0 Å². The Balaban J connectivity index is 1.68. The Morgan fingerprint density at radius 3 is 2.61 bits per heavy atom. The number of rotatable bonds is 2. The zero-order valence-corrected chi connectivity index (χ0v) is 15.3. The van der Waals surface area contributed by atoms with Crippen LogP contribution in [0, 0.1) is 0 Å². The lowest BCUT2D eigenvalue weighted by molar-refractivity contribution is -0.137. The van der Waals surface area contributed by atoms with E-state index >= 15 is 0 Å². The number of aryl methyl sites for hydroxylation is 1. The lowest BCUT2D eigenvalue weighted by Crippen LogP contribution is -2.12. The fourth-order valence-corrected chi connectivity index (χ4v) is 3.80. The number of amides is 1. The number of carbonyl (C=O) groups is 1. The third-order valence-corrected chi connectivity index (χ3v) is 5.32. The molecule has 0 saturated carbocycles. The highest BCUT2D eigenvalue weighted by Gasteiger charge is 2.30. The normalized spacial score (nSPS) is 12.6. The molecule has 0 fully saturated rings. The summed E-state index contributed by atoms with van der Waals surface area (Å²) in [6.45, 7) is 0. The monoisotopic (exact) mass is 402 g/mol. The SMILES string of the molecule is Cn1c(=NC(=O)c2ccc(-c3cccc(C(F)(F)F)c3)o2)sc2ccccc21. The van der Waals surface area contributed by atoms with Crippen molar-refractivity contribution in [3.8, 4) is 11.3 Å². The molecular weight excluding hydrogens is 389 g/mol. The van der Waals surface area contributed by atoms with Gasteiger partial charge in [-0.15, -0.1) is 0 Å². The van der Waals surface area contributed by atoms with Gasteiger partial charge in [0, 0.05) is 12.6 Å². The van der Waals surface area contributed by atoms with Gasteiger partial charge in [0.25, 0.3) is 0 Å². The van der Waals surface area contributed by atoms with E-state index in [0.717, 1.165) is 22.3 Å².